The van der Waals surface area contributed by atoms with Gasteiger partial charge in [0.1, 0.15) is 0 Å². The molecule has 72 valence electrons. The molecule has 2 aromatic rings. The zero-order valence-corrected chi connectivity index (χ0v) is 7.98. The van der Waals surface area contributed by atoms with Crippen molar-refractivity contribution in [1.29, 1.82) is 0 Å². The molecule has 1 fully saturated rings. The maximum absolute atomic E-state index is 5.71. The highest BCUT2D eigenvalue weighted by molar-refractivity contribution is 5.81. The minimum Gasteiger partial charge on any atom is -0.399 e. The van der Waals surface area contributed by atoms with Crippen molar-refractivity contribution in [3.63, 3.8) is 0 Å². The van der Waals surface area contributed by atoms with Gasteiger partial charge in [-0.2, -0.15) is 5.10 Å². The lowest BCUT2D eigenvalue weighted by Gasteiger charge is -1.95. The predicted octanol–water partition coefficient (Wildman–Crippen LogP) is 2.03. The van der Waals surface area contributed by atoms with Gasteiger partial charge in [-0.05, 0) is 37.0 Å². The molecule has 0 saturated heterocycles. The third kappa shape index (κ3) is 1.35. The van der Waals surface area contributed by atoms with E-state index >= 15 is 0 Å². The van der Waals surface area contributed by atoms with Crippen molar-refractivity contribution in [2.75, 3.05) is 5.73 Å². The highest BCUT2D eigenvalue weighted by atomic mass is 15.3. The predicted molar refractivity (Wildman–Crippen MR) is 56.9 cm³/mol. The number of fused-ring (bicyclic) bond motifs is 1. The smallest absolute Gasteiger partial charge is 0.0924 e. The molecule has 0 aliphatic heterocycles. The fraction of sp³-hybridized carbons (Fsp3) is 0.364. The summed E-state index contributed by atoms with van der Waals surface area (Å²) in [5, 5.41) is 5.64. The third-order valence-corrected chi connectivity index (χ3v) is 2.72. The van der Waals surface area contributed by atoms with Crippen LogP contribution in [0.3, 0.4) is 0 Å². The van der Waals surface area contributed by atoms with Gasteiger partial charge in [0.15, 0.2) is 0 Å². The van der Waals surface area contributed by atoms with E-state index in [9.17, 15) is 0 Å². The van der Waals surface area contributed by atoms with Crippen LogP contribution in [0.1, 0.15) is 12.8 Å². The van der Waals surface area contributed by atoms with Crippen LogP contribution in [0.4, 0.5) is 5.69 Å². The highest BCUT2D eigenvalue weighted by Crippen LogP contribution is 2.30. The maximum atomic E-state index is 5.71. The summed E-state index contributed by atoms with van der Waals surface area (Å²) in [7, 11) is 0. The molecule has 3 heteroatoms. The van der Waals surface area contributed by atoms with Crippen molar-refractivity contribution < 1.29 is 0 Å². The van der Waals surface area contributed by atoms with Crippen molar-refractivity contribution >= 4 is 16.6 Å². The van der Waals surface area contributed by atoms with E-state index < -0.39 is 0 Å². The van der Waals surface area contributed by atoms with Gasteiger partial charge in [0, 0.05) is 23.8 Å². The summed E-state index contributed by atoms with van der Waals surface area (Å²) in [5.74, 6) is 0.863. The van der Waals surface area contributed by atoms with Gasteiger partial charge in [-0.3, -0.25) is 4.68 Å². The zero-order valence-electron chi connectivity index (χ0n) is 7.98. The lowest BCUT2D eigenvalue weighted by atomic mass is 10.2. The van der Waals surface area contributed by atoms with E-state index in [1.807, 2.05) is 22.9 Å². The van der Waals surface area contributed by atoms with Crippen LogP contribution in [0, 0.1) is 5.92 Å². The number of aromatic nitrogens is 2. The van der Waals surface area contributed by atoms with Gasteiger partial charge in [0.05, 0.1) is 5.52 Å². The Labute approximate surface area is 82.5 Å². The van der Waals surface area contributed by atoms with E-state index in [0.29, 0.717) is 0 Å². The first kappa shape index (κ1) is 7.85. The Morgan fingerprint density at radius 1 is 1.43 bits per heavy atom. The van der Waals surface area contributed by atoms with Gasteiger partial charge < -0.3 is 5.73 Å². The first-order valence-electron chi connectivity index (χ1n) is 5.04. The summed E-state index contributed by atoms with van der Waals surface area (Å²) in [6.45, 7) is 1.06. The van der Waals surface area contributed by atoms with Crippen molar-refractivity contribution in [2.45, 2.75) is 19.4 Å². The first-order valence-corrected chi connectivity index (χ1v) is 5.04. The molecule has 1 heterocycles. The van der Waals surface area contributed by atoms with Crippen molar-refractivity contribution in [3.8, 4) is 0 Å². The van der Waals surface area contributed by atoms with Crippen molar-refractivity contribution in [2.24, 2.45) is 5.92 Å². The van der Waals surface area contributed by atoms with Crippen LogP contribution in [0.2, 0.25) is 0 Å². The maximum Gasteiger partial charge on any atom is 0.0924 e. The second kappa shape index (κ2) is 2.74. The molecule has 1 aromatic heterocycles. The summed E-state index contributed by atoms with van der Waals surface area (Å²) in [6, 6.07) is 5.86. The topological polar surface area (TPSA) is 43.8 Å². The van der Waals surface area contributed by atoms with Crippen LogP contribution in [0.15, 0.2) is 24.4 Å². The Balaban J connectivity index is 2.01. The summed E-state index contributed by atoms with van der Waals surface area (Å²) >= 11 is 0. The number of nitrogen functional groups attached to an aromatic ring is 1. The molecule has 0 amide bonds. The number of hydrogen-bond acceptors (Lipinski definition) is 2. The van der Waals surface area contributed by atoms with Crippen molar-refractivity contribution in [1.82, 2.24) is 9.78 Å². The largest absolute Gasteiger partial charge is 0.399 e. The van der Waals surface area contributed by atoms with E-state index in [0.717, 1.165) is 29.1 Å². The van der Waals surface area contributed by atoms with Crippen LogP contribution in [-0.2, 0) is 6.54 Å². The molecule has 3 rings (SSSR count). The molecule has 0 unspecified atom stereocenters. The molecular weight excluding hydrogens is 174 g/mol. The van der Waals surface area contributed by atoms with Crippen LogP contribution in [0.5, 0.6) is 0 Å². The van der Waals surface area contributed by atoms with Crippen molar-refractivity contribution in [3.05, 3.63) is 24.4 Å². The minimum absolute atomic E-state index is 0.809. The van der Waals surface area contributed by atoms with Gasteiger partial charge in [-0.1, -0.05) is 0 Å². The molecule has 1 aliphatic rings. The van der Waals surface area contributed by atoms with E-state index in [-0.39, 0.29) is 0 Å². The summed E-state index contributed by atoms with van der Waals surface area (Å²) in [4.78, 5) is 0. The van der Waals surface area contributed by atoms with E-state index in [1.54, 1.807) is 0 Å². The van der Waals surface area contributed by atoms with E-state index in [4.69, 9.17) is 5.73 Å². The van der Waals surface area contributed by atoms with E-state index in [2.05, 4.69) is 11.3 Å². The molecule has 0 spiro atoms. The minimum atomic E-state index is 0.809. The number of nitrogens with zero attached hydrogens (tertiary/aromatic N) is 2. The summed E-state index contributed by atoms with van der Waals surface area (Å²) in [6.07, 6.45) is 4.81. The quantitative estimate of drug-likeness (QED) is 0.731. The summed E-state index contributed by atoms with van der Waals surface area (Å²) in [5.41, 5.74) is 7.56. The SMILES string of the molecule is Nc1ccc2nn(CC3CC3)cc2c1. The molecule has 1 aromatic carbocycles. The highest BCUT2D eigenvalue weighted by Gasteiger charge is 2.21. The molecule has 0 atom stereocenters. The average molecular weight is 187 g/mol. The van der Waals surface area contributed by atoms with Gasteiger partial charge in [0.25, 0.3) is 0 Å². The van der Waals surface area contributed by atoms with Crippen LogP contribution in [0.25, 0.3) is 10.9 Å². The lowest BCUT2D eigenvalue weighted by Crippen LogP contribution is -1.99. The molecule has 14 heavy (non-hydrogen) atoms. The fourth-order valence-corrected chi connectivity index (χ4v) is 1.75. The van der Waals surface area contributed by atoms with Gasteiger partial charge in [0.2, 0.25) is 0 Å². The van der Waals surface area contributed by atoms with Gasteiger partial charge >= 0.3 is 0 Å². The normalized spacial score (nSPS) is 16.3. The standard InChI is InChI=1S/C11H13N3/c12-10-3-4-11-9(5-10)7-14(13-11)6-8-1-2-8/h3-5,7-8H,1-2,6,12H2. The second-order valence-electron chi connectivity index (χ2n) is 4.11. The number of anilines is 1. The van der Waals surface area contributed by atoms with Crippen LogP contribution >= 0.6 is 0 Å². The van der Waals surface area contributed by atoms with Gasteiger partial charge in [-0.15, -0.1) is 0 Å². The molecular formula is C11H13N3. The average Bonchev–Trinajstić information content (AvgIpc) is 2.84. The Bertz CT molecular complexity index is 468. The number of nitrogens with two attached hydrogens (primary N) is 1. The number of benzene rings is 1. The number of hydrogen-bond donors (Lipinski definition) is 1. The molecule has 1 aliphatic carbocycles. The molecule has 0 radical (unpaired) electrons. The van der Waals surface area contributed by atoms with Gasteiger partial charge in [-0.25, -0.2) is 0 Å². The second-order valence-corrected chi connectivity index (χ2v) is 4.11. The fourth-order valence-electron chi connectivity index (χ4n) is 1.75. The number of rotatable bonds is 2. The van der Waals surface area contributed by atoms with Crippen LogP contribution in [-0.4, -0.2) is 9.78 Å². The zero-order chi connectivity index (χ0) is 9.54. The molecule has 1 saturated carbocycles. The molecule has 3 nitrogen and oxygen atoms in total. The summed E-state index contributed by atoms with van der Waals surface area (Å²) < 4.78 is 2.04. The Hall–Kier alpha value is -1.51. The Morgan fingerprint density at radius 3 is 3.07 bits per heavy atom. The molecule has 0 bridgehead atoms. The first-order chi connectivity index (χ1) is 6.81. The third-order valence-electron chi connectivity index (χ3n) is 2.72. The van der Waals surface area contributed by atoms with E-state index in [1.165, 1.54) is 12.8 Å². The Morgan fingerprint density at radius 2 is 2.29 bits per heavy atom. The Kier molecular flexibility index (Phi) is 1.54. The monoisotopic (exact) mass is 187 g/mol. The van der Waals surface area contributed by atoms with Crippen LogP contribution < -0.4 is 5.73 Å². The molecule has 2 N–H and O–H groups in total. The lowest BCUT2D eigenvalue weighted by molar-refractivity contribution is 0.568.